The van der Waals surface area contributed by atoms with Crippen molar-refractivity contribution in [3.05, 3.63) is 48.4 Å². The van der Waals surface area contributed by atoms with Crippen LogP contribution in [0.1, 0.15) is 44.2 Å². The van der Waals surface area contributed by atoms with Crippen molar-refractivity contribution in [3.63, 3.8) is 0 Å². The van der Waals surface area contributed by atoms with E-state index in [1.165, 1.54) is 0 Å². The van der Waals surface area contributed by atoms with Gasteiger partial charge in [-0.05, 0) is 44.2 Å². The maximum Gasteiger partial charge on any atom is 0.202 e. The van der Waals surface area contributed by atoms with Crippen molar-refractivity contribution in [3.8, 4) is 11.5 Å². The van der Waals surface area contributed by atoms with Crippen molar-refractivity contribution in [1.82, 2.24) is 34.5 Å². The molecule has 0 radical (unpaired) electrons. The molecule has 38 heavy (non-hydrogen) atoms. The maximum atomic E-state index is 11.9. The zero-order valence-corrected chi connectivity index (χ0v) is 23.6. The topological polar surface area (TPSA) is 157 Å². The molecular formula is C26H41N11O. The van der Waals surface area contributed by atoms with Gasteiger partial charge in [-0.3, -0.25) is 9.79 Å². The van der Waals surface area contributed by atoms with Gasteiger partial charge in [-0.25, -0.2) is 15.0 Å². The van der Waals surface area contributed by atoms with E-state index in [1.54, 1.807) is 53.1 Å². The summed E-state index contributed by atoms with van der Waals surface area (Å²) in [4.78, 5) is 32.0. The fourth-order valence-electron chi connectivity index (χ4n) is 2.57. The van der Waals surface area contributed by atoms with Crippen LogP contribution in [0.3, 0.4) is 0 Å². The first-order chi connectivity index (χ1) is 17.9. The van der Waals surface area contributed by atoms with E-state index in [1.807, 2.05) is 58.7 Å². The van der Waals surface area contributed by atoms with E-state index in [0.29, 0.717) is 29.4 Å². The van der Waals surface area contributed by atoms with Crippen LogP contribution in [-0.2, 0) is 0 Å². The number of nitrogens with two attached hydrogens (primary N) is 2. The maximum absolute atomic E-state index is 11.9. The number of rotatable bonds is 8. The van der Waals surface area contributed by atoms with Crippen molar-refractivity contribution in [2.75, 3.05) is 40.5 Å². The molecule has 0 amide bonds. The molecule has 3 rings (SSSR count). The highest BCUT2D eigenvalue weighted by Crippen LogP contribution is 2.18. The van der Waals surface area contributed by atoms with Gasteiger partial charge in [0.05, 0.1) is 12.7 Å². The molecule has 0 aromatic carbocycles. The van der Waals surface area contributed by atoms with Crippen LogP contribution in [0.15, 0.2) is 52.7 Å². The van der Waals surface area contributed by atoms with Crippen LogP contribution in [0.4, 0.5) is 11.6 Å². The lowest BCUT2D eigenvalue weighted by Crippen LogP contribution is -2.11. The highest BCUT2D eigenvalue weighted by atomic mass is 16.1. The molecule has 0 aliphatic carbocycles. The Bertz CT molecular complexity index is 1160. The monoisotopic (exact) mass is 523 g/mol. The van der Waals surface area contributed by atoms with Crippen molar-refractivity contribution in [2.24, 2.45) is 15.7 Å². The average molecular weight is 524 g/mol. The van der Waals surface area contributed by atoms with Gasteiger partial charge in [-0.15, -0.1) is 10.2 Å². The Morgan fingerprint density at radius 2 is 1.63 bits per heavy atom. The Hall–Kier alpha value is -4.19. The summed E-state index contributed by atoms with van der Waals surface area (Å²) in [5, 5.41) is 7.93. The lowest BCUT2D eigenvalue weighted by molar-refractivity contribution is 0.0997. The number of nitrogen functional groups attached to an aromatic ring is 1. The van der Waals surface area contributed by atoms with E-state index in [4.69, 9.17) is 11.5 Å². The standard InChI is InChI=1S/C13H19N5O.C10H13N5.C3H9N/c1-17(2)9-14-8-12(19)11-6-5-7-13(16-11)15-10-18(3)4;1-7(2)15-6-12-14-10(15)8-4-3-5-9(11)13-8;1-3(2)4/h5-7,9-10H,8H2,1-4H3;3-7H,1-2H3,(H2,11,13);3H,4H2,1-2H3. The molecule has 0 saturated heterocycles. The second kappa shape index (κ2) is 16.5. The Balaban J connectivity index is 0.000000339. The first-order valence-electron chi connectivity index (χ1n) is 12.2. The third-order valence-corrected chi connectivity index (χ3v) is 4.12. The van der Waals surface area contributed by atoms with Gasteiger partial charge in [0.15, 0.2) is 11.6 Å². The molecule has 0 bridgehead atoms. The van der Waals surface area contributed by atoms with Gasteiger partial charge in [0, 0.05) is 34.2 Å². The molecule has 12 nitrogen and oxygen atoms in total. The van der Waals surface area contributed by atoms with Gasteiger partial charge in [-0.1, -0.05) is 26.0 Å². The fourth-order valence-corrected chi connectivity index (χ4v) is 2.57. The molecule has 3 aromatic rings. The van der Waals surface area contributed by atoms with Crippen molar-refractivity contribution in [1.29, 1.82) is 0 Å². The van der Waals surface area contributed by atoms with Crippen LogP contribution in [0.2, 0.25) is 0 Å². The number of aliphatic imine (C=N–C) groups is 2. The number of hydrogen-bond acceptors (Lipinski definition) is 9. The van der Waals surface area contributed by atoms with Crippen LogP contribution >= 0.6 is 0 Å². The number of carbonyl (C=O) groups excluding carboxylic acids is 1. The van der Waals surface area contributed by atoms with Crippen molar-refractivity contribution in [2.45, 2.75) is 39.8 Å². The molecule has 206 valence electrons. The zero-order chi connectivity index (χ0) is 28.7. The average Bonchev–Trinajstić information content (AvgIpc) is 3.33. The summed E-state index contributed by atoms with van der Waals surface area (Å²) in [5.74, 6) is 1.62. The third-order valence-electron chi connectivity index (χ3n) is 4.12. The molecule has 0 aliphatic heterocycles. The smallest absolute Gasteiger partial charge is 0.202 e. The molecule has 0 saturated carbocycles. The summed E-state index contributed by atoms with van der Waals surface area (Å²) in [6, 6.07) is 11.3. The zero-order valence-electron chi connectivity index (χ0n) is 23.6. The summed E-state index contributed by atoms with van der Waals surface area (Å²) < 4.78 is 1.96. The largest absolute Gasteiger partial charge is 0.384 e. The second-order valence-electron chi connectivity index (χ2n) is 9.28. The molecule has 0 aliphatic rings. The summed E-state index contributed by atoms with van der Waals surface area (Å²) in [7, 11) is 7.44. The number of ketones is 1. The van der Waals surface area contributed by atoms with Gasteiger partial charge >= 0.3 is 0 Å². The molecule has 0 spiro atoms. The number of hydrogen-bond donors (Lipinski definition) is 2. The van der Waals surface area contributed by atoms with E-state index in [0.717, 1.165) is 11.5 Å². The first kappa shape index (κ1) is 31.8. The van der Waals surface area contributed by atoms with Gasteiger partial charge in [0.2, 0.25) is 5.78 Å². The molecule has 0 fully saturated rings. The summed E-state index contributed by atoms with van der Waals surface area (Å²) >= 11 is 0. The molecule has 3 heterocycles. The highest BCUT2D eigenvalue weighted by molar-refractivity contribution is 5.96. The molecule has 4 N–H and O–H groups in total. The number of nitrogens with zero attached hydrogens (tertiary/aromatic N) is 9. The van der Waals surface area contributed by atoms with Crippen LogP contribution in [0.5, 0.6) is 0 Å². The lowest BCUT2D eigenvalue weighted by Gasteiger charge is -2.09. The predicted molar refractivity (Wildman–Crippen MR) is 155 cm³/mol. The molecule has 0 atom stereocenters. The first-order valence-corrected chi connectivity index (χ1v) is 12.2. The van der Waals surface area contributed by atoms with E-state index < -0.39 is 0 Å². The molecule has 0 unspecified atom stereocenters. The summed E-state index contributed by atoms with van der Waals surface area (Å²) in [6.07, 6.45) is 4.94. The van der Waals surface area contributed by atoms with E-state index in [9.17, 15) is 4.79 Å². The van der Waals surface area contributed by atoms with Crippen LogP contribution in [0.25, 0.3) is 11.5 Å². The minimum Gasteiger partial charge on any atom is -0.384 e. The predicted octanol–water partition coefficient (Wildman–Crippen LogP) is 2.93. The third kappa shape index (κ3) is 12.7. The van der Waals surface area contributed by atoms with Crippen LogP contribution in [-0.4, -0.2) is 93.8 Å². The van der Waals surface area contributed by atoms with Gasteiger partial charge < -0.3 is 25.8 Å². The second-order valence-corrected chi connectivity index (χ2v) is 9.28. The Morgan fingerprint density at radius 3 is 2.21 bits per heavy atom. The minimum absolute atomic E-state index is 0.0893. The minimum atomic E-state index is -0.125. The van der Waals surface area contributed by atoms with Gasteiger partial charge in [0.1, 0.15) is 30.1 Å². The van der Waals surface area contributed by atoms with Gasteiger partial charge in [0.25, 0.3) is 0 Å². The van der Waals surface area contributed by atoms with Crippen molar-refractivity contribution < 1.29 is 4.79 Å². The Kier molecular flexibility index (Phi) is 13.9. The quantitative estimate of drug-likeness (QED) is 0.257. The highest BCUT2D eigenvalue weighted by Gasteiger charge is 2.10. The fraction of sp³-hybridized carbons (Fsp3) is 0.423. The normalized spacial score (nSPS) is 10.8. The molecule has 12 heteroatoms. The van der Waals surface area contributed by atoms with Crippen molar-refractivity contribution >= 4 is 30.1 Å². The summed E-state index contributed by atoms with van der Waals surface area (Å²) in [6.45, 7) is 8.12. The Morgan fingerprint density at radius 1 is 1.00 bits per heavy atom. The number of aromatic nitrogens is 5. The number of carbonyl (C=O) groups is 1. The number of Topliss-reactive ketones (excluding diaryl/α,β-unsaturated/α-hetero) is 1. The van der Waals surface area contributed by atoms with Gasteiger partial charge in [-0.2, -0.15) is 0 Å². The Labute approximate surface area is 225 Å². The molecule has 3 aromatic heterocycles. The number of anilines is 1. The van der Waals surface area contributed by atoms with E-state index in [-0.39, 0.29) is 12.3 Å². The number of pyridine rings is 2. The SMILES string of the molecule is CC(C)N.CC(C)n1cnnc1-c1cccc(N)n1.CN(C)C=NCC(=O)c1cccc(N=CN(C)C)n1. The van der Waals surface area contributed by atoms with E-state index >= 15 is 0 Å². The summed E-state index contributed by atoms with van der Waals surface area (Å²) in [5.41, 5.74) is 11.9. The van der Waals surface area contributed by atoms with Crippen LogP contribution < -0.4 is 11.5 Å². The molecular weight excluding hydrogens is 482 g/mol. The van der Waals surface area contributed by atoms with Crippen LogP contribution in [0, 0.1) is 0 Å². The van der Waals surface area contributed by atoms with E-state index in [2.05, 4.69) is 44.0 Å². The lowest BCUT2D eigenvalue weighted by atomic mass is 10.2.